The van der Waals surface area contributed by atoms with E-state index >= 15 is 0 Å². The van der Waals surface area contributed by atoms with Crippen molar-refractivity contribution in [2.75, 3.05) is 31.1 Å². The van der Waals surface area contributed by atoms with Crippen LogP contribution in [0.25, 0.3) is 0 Å². The fourth-order valence-corrected chi connectivity index (χ4v) is 4.83. The number of carbonyl (C=O) groups excluding carboxylic acids is 3. The number of urea groups is 1. The highest BCUT2D eigenvalue weighted by Gasteiger charge is 2.55. The molecule has 0 aromatic heterocycles. The number of anilines is 1. The third-order valence-corrected chi connectivity index (χ3v) is 6.66. The molecule has 1 aliphatic carbocycles. The normalized spacial score (nSPS) is 24.1. The Balaban J connectivity index is 1.36. The van der Waals surface area contributed by atoms with E-state index in [-0.39, 0.29) is 30.0 Å². The maximum absolute atomic E-state index is 14.2. The zero-order chi connectivity index (χ0) is 21.5. The number of hydrogen-bond acceptors (Lipinski definition) is 4. The highest BCUT2D eigenvalue weighted by molar-refractivity contribution is 6.30. The molecule has 0 bridgehead atoms. The largest absolute Gasteiger partial charge is 0.368 e. The van der Waals surface area contributed by atoms with Crippen molar-refractivity contribution in [1.29, 1.82) is 0 Å². The summed E-state index contributed by atoms with van der Waals surface area (Å²) in [6.07, 6.45) is 2.85. The number of amides is 4. The summed E-state index contributed by atoms with van der Waals surface area (Å²) < 4.78 is 14.2. The minimum Gasteiger partial charge on any atom is -0.368 e. The number of halogens is 2. The van der Waals surface area contributed by atoms with Crippen molar-refractivity contribution >= 4 is 35.1 Å². The molecule has 1 aromatic carbocycles. The number of hydrogen-bond donors (Lipinski definition) is 2. The molecule has 1 saturated carbocycles. The quantitative estimate of drug-likeness (QED) is 0.671. The van der Waals surface area contributed by atoms with Gasteiger partial charge in [0.15, 0.2) is 0 Å². The van der Waals surface area contributed by atoms with E-state index in [1.807, 2.05) is 6.92 Å². The summed E-state index contributed by atoms with van der Waals surface area (Å²) in [7, 11) is 0. The third kappa shape index (κ3) is 3.85. The predicted octanol–water partition coefficient (Wildman–Crippen LogP) is 2.46. The van der Waals surface area contributed by atoms with Gasteiger partial charge in [0.1, 0.15) is 11.4 Å². The molecule has 9 heteroatoms. The van der Waals surface area contributed by atoms with Gasteiger partial charge in [0.2, 0.25) is 5.91 Å². The molecule has 4 amide bonds. The average Bonchev–Trinajstić information content (AvgIpc) is 3.52. The molecule has 2 N–H and O–H groups in total. The first-order chi connectivity index (χ1) is 14.3. The number of nitrogens with one attached hydrogen (secondary N) is 2. The van der Waals surface area contributed by atoms with E-state index in [2.05, 4.69) is 15.5 Å². The number of piperazine rings is 1. The van der Waals surface area contributed by atoms with Gasteiger partial charge >= 0.3 is 6.03 Å². The molecule has 1 atom stereocenters. The minimum atomic E-state index is -0.942. The van der Waals surface area contributed by atoms with Crippen LogP contribution in [0.4, 0.5) is 14.9 Å². The van der Waals surface area contributed by atoms with Crippen LogP contribution in [0.15, 0.2) is 12.1 Å². The molecule has 3 aliphatic rings. The van der Waals surface area contributed by atoms with E-state index in [1.54, 1.807) is 11.0 Å². The monoisotopic (exact) mass is 436 g/mol. The van der Waals surface area contributed by atoms with E-state index in [1.165, 1.54) is 6.07 Å². The van der Waals surface area contributed by atoms with Crippen molar-refractivity contribution in [1.82, 2.24) is 15.5 Å². The lowest BCUT2D eigenvalue weighted by molar-refractivity contribution is -0.132. The van der Waals surface area contributed by atoms with E-state index in [4.69, 9.17) is 11.6 Å². The first-order valence-electron chi connectivity index (χ1n) is 10.5. The molecule has 30 heavy (non-hydrogen) atoms. The van der Waals surface area contributed by atoms with Gasteiger partial charge in [-0.15, -0.1) is 0 Å². The zero-order valence-corrected chi connectivity index (χ0v) is 17.7. The molecule has 0 radical (unpaired) electrons. The van der Waals surface area contributed by atoms with Crippen LogP contribution in [0.2, 0.25) is 5.02 Å². The van der Waals surface area contributed by atoms with Gasteiger partial charge in [-0.2, -0.15) is 0 Å². The topological polar surface area (TPSA) is 81.8 Å². The van der Waals surface area contributed by atoms with Gasteiger partial charge in [-0.3, -0.25) is 14.9 Å². The van der Waals surface area contributed by atoms with Gasteiger partial charge in [-0.25, -0.2) is 9.18 Å². The van der Waals surface area contributed by atoms with Crippen LogP contribution in [0.5, 0.6) is 0 Å². The van der Waals surface area contributed by atoms with Gasteiger partial charge in [0.05, 0.1) is 0 Å². The van der Waals surface area contributed by atoms with Gasteiger partial charge in [0.25, 0.3) is 5.91 Å². The Kier molecular flexibility index (Phi) is 5.61. The van der Waals surface area contributed by atoms with E-state index < -0.39 is 11.6 Å². The summed E-state index contributed by atoms with van der Waals surface area (Å²) in [4.78, 5) is 40.6. The van der Waals surface area contributed by atoms with Crippen molar-refractivity contribution in [3.05, 3.63) is 28.5 Å². The zero-order valence-electron chi connectivity index (χ0n) is 17.0. The van der Waals surface area contributed by atoms with Crippen LogP contribution in [0, 0.1) is 11.7 Å². The van der Waals surface area contributed by atoms with Crippen LogP contribution in [-0.4, -0.2) is 54.5 Å². The Morgan fingerprint density at radius 3 is 2.50 bits per heavy atom. The lowest BCUT2D eigenvalue weighted by Crippen LogP contribution is -2.52. The second kappa shape index (κ2) is 8.06. The number of imide groups is 1. The smallest absolute Gasteiger partial charge is 0.322 e. The molecule has 2 saturated heterocycles. The molecular weight excluding hydrogens is 411 g/mol. The first kappa shape index (κ1) is 20.9. The average molecular weight is 437 g/mol. The first-order valence-corrected chi connectivity index (χ1v) is 10.9. The van der Waals surface area contributed by atoms with Gasteiger partial charge < -0.3 is 15.1 Å². The molecule has 0 unspecified atom stereocenters. The third-order valence-electron chi connectivity index (χ3n) is 6.44. The molecule has 4 rings (SSSR count). The van der Waals surface area contributed by atoms with Crippen LogP contribution in [0.1, 0.15) is 38.2 Å². The number of rotatable bonds is 6. The van der Waals surface area contributed by atoms with Crippen molar-refractivity contribution in [2.24, 2.45) is 5.92 Å². The van der Waals surface area contributed by atoms with Gasteiger partial charge in [0, 0.05) is 48.9 Å². The van der Waals surface area contributed by atoms with Crippen LogP contribution in [0.3, 0.4) is 0 Å². The van der Waals surface area contributed by atoms with Crippen molar-refractivity contribution < 1.29 is 18.8 Å². The molecule has 7 nitrogen and oxygen atoms in total. The summed E-state index contributed by atoms with van der Waals surface area (Å²) in [6.45, 7) is 4.12. The predicted molar refractivity (Wildman–Crippen MR) is 111 cm³/mol. The van der Waals surface area contributed by atoms with Crippen LogP contribution >= 0.6 is 11.6 Å². The maximum atomic E-state index is 14.2. The molecule has 2 aliphatic heterocycles. The molecule has 2 heterocycles. The maximum Gasteiger partial charge on any atom is 0.322 e. The van der Waals surface area contributed by atoms with E-state index in [9.17, 15) is 18.8 Å². The SMILES string of the molecule is CCc1c(F)cc(Cl)cc1N1CCN(C(=O)CC[C@@]2(C3CC3)NC(=O)NC2=O)CC1. The number of carbonyl (C=O) groups is 3. The Labute approximate surface area is 179 Å². The summed E-state index contributed by atoms with van der Waals surface area (Å²) in [5.41, 5.74) is 0.476. The second-order valence-electron chi connectivity index (χ2n) is 8.26. The Hall–Kier alpha value is -2.35. The van der Waals surface area contributed by atoms with E-state index in [0.29, 0.717) is 49.6 Å². The van der Waals surface area contributed by atoms with Crippen LogP contribution < -0.4 is 15.5 Å². The highest BCUT2D eigenvalue weighted by atomic mass is 35.5. The summed E-state index contributed by atoms with van der Waals surface area (Å²) >= 11 is 6.05. The Bertz CT molecular complexity index is 883. The molecule has 3 fully saturated rings. The summed E-state index contributed by atoms with van der Waals surface area (Å²) in [5, 5.41) is 5.44. The fraction of sp³-hybridized carbons (Fsp3) is 0.571. The van der Waals surface area contributed by atoms with Crippen molar-refractivity contribution in [2.45, 2.75) is 44.6 Å². The molecule has 1 aromatic rings. The standard InChI is InChI=1S/C21H26ClFN4O3/c1-2-15-16(23)11-14(22)12-17(15)26-7-9-27(10-8-26)18(28)5-6-21(13-3-4-13)19(29)24-20(30)25-21/h11-13H,2-10H2,1H3,(H2,24,25,29,30)/t21-/m0/s1. The number of benzene rings is 1. The van der Waals surface area contributed by atoms with Crippen molar-refractivity contribution in [3.8, 4) is 0 Å². The lowest BCUT2D eigenvalue weighted by atomic mass is 9.87. The van der Waals surface area contributed by atoms with Gasteiger partial charge in [-0.1, -0.05) is 18.5 Å². The van der Waals surface area contributed by atoms with Crippen LogP contribution in [-0.2, 0) is 16.0 Å². The summed E-state index contributed by atoms with van der Waals surface area (Å²) in [6, 6.07) is 2.63. The summed E-state index contributed by atoms with van der Waals surface area (Å²) in [5.74, 6) is -0.543. The lowest BCUT2D eigenvalue weighted by Gasteiger charge is -2.37. The fourth-order valence-electron chi connectivity index (χ4n) is 4.63. The Morgan fingerprint density at radius 2 is 1.93 bits per heavy atom. The Morgan fingerprint density at radius 1 is 1.23 bits per heavy atom. The molecular formula is C21H26ClFN4O3. The second-order valence-corrected chi connectivity index (χ2v) is 8.70. The minimum absolute atomic E-state index is 0.0309. The molecule has 0 spiro atoms. The highest BCUT2D eigenvalue weighted by Crippen LogP contribution is 2.43. The van der Waals surface area contributed by atoms with E-state index in [0.717, 1.165) is 18.5 Å². The van der Waals surface area contributed by atoms with Gasteiger partial charge in [-0.05, 0) is 43.7 Å². The van der Waals surface area contributed by atoms with Crippen molar-refractivity contribution in [3.63, 3.8) is 0 Å². The molecule has 162 valence electrons. The number of nitrogens with zero attached hydrogens (tertiary/aromatic N) is 2.